The van der Waals surface area contributed by atoms with Gasteiger partial charge in [-0.2, -0.15) is 0 Å². The van der Waals surface area contributed by atoms with E-state index in [9.17, 15) is 8.42 Å². The smallest absolute Gasteiger partial charge is 0.181 e. The molecule has 2 aliphatic rings. The summed E-state index contributed by atoms with van der Waals surface area (Å²) in [5, 5.41) is 3.41. The second-order valence-corrected chi connectivity index (χ2v) is 7.97. The molecule has 0 radical (unpaired) electrons. The van der Waals surface area contributed by atoms with Gasteiger partial charge in [-0.05, 0) is 56.3 Å². The molecule has 0 spiro atoms. The highest BCUT2D eigenvalue weighted by molar-refractivity contribution is 7.92. The van der Waals surface area contributed by atoms with Crippen molar-refractivity contribution in [3.05, 3.63) is 29.8 Å². The summed E-state index contributed by atoms with van der Waals surface area (Å²) in [7, 11) is -3.03. The normalized spacial score (nSPS) is 24.3. The van der Waals surface area contributed by atoms with Crippen LogP contribution in [0.5, 0.6) is 0 Å². The third kappa shape index (κ3) is 3.00. The van der Waals surface area contributed by atoms with Crippen LogP contribution in [-0.4, -0.2) is 26.3 Å². The average molecular weight is 279 g/mol. The number of benzene rings is 1. The van der Waals surface area contributed by atoms with Crippen LogP contribution in [-0.2, 0) is 16.3 Å². The van der Waals surface area contributed by atoms with Gasteiger partial charge in [0.25, 0.3) is 0 Å². The maximum absolute atomic E-state index is 12.1. The zero-order valence-electron chi connectivity index (χ0n) is 11.1. The Morgan fingerprint density at radius 1 is 1.05 bits per heavy atom. The molecule has 1 N–H and O–H groups in total. The lowest BCUT2D eigenvalue weighted by molar-refractivity contribution is 0.399. The number of sulfone groups is 1. The van der Waals surface area contributed by atoms with Gasteiger partial charge in [0.2, 0.25) is 0 Å². The van der Waals surface area contributed by atoms with Crippen molar-refractivity contribution >= 4 is 9.84 Å². The van der Waals surface area contributed by atoms with Gasteiger partial charge in [-0.25, -0.2) is 8.42 Å². The van der Waals surface area contributed by atoms with E-state index in [0.717, 1.165) is 25.8 Å². The SMILES string of the molecule is O=S(=O)(c1ccc(CC2CCCCN2)cc1)C1CC1. The Balaban J connectivity index is 1.68. The lowest BCUT2D eigenvalue weighted by Gasteiger charge is -2.23. The minimum absolute atomic E-state index is 0.113. The van der Waals surface area contributed by atoms with Gasteiger partial charge in [0.05, 0.1) is 10.1 Å². The summed E-state index contributed by atoms with van der Waals surface area (Å²) < 4.78 is 24.2. The molecule has 3 rings (SSSR count). The van der Waals surface area contributed by atoms with E-state index in [0.29, 0.717) is 10.9 Å². The topological polar surface area (TPSA) is 46.2 Å². The molecular formula is C15H21NO2S. The van der Waals surface area contributed by atoms with Crippen molar-refractivity contribution in [3.8, 4) is 0 Å². The first-order chi connectivity index (χ1) is 9.16. The van der Waals surface area contributed by atoms with E-state index in [2.05, 4.69) is 5.32 Å². The van der Waals surface area contributed by atoms with Crippen LogP contribution in [0.15, 0.2) is 29.2 Å². The molecule has 0 bridgehead atoms. The largest absolute Gasteiger partial charge is 0.314 e. The van der Waals surface area contributed by atoms with E-state index < -0.39 is 9.84 Å². The standard InChI is InChI=1S/C15H21NO2S/c17-19(18,15-8-9-15)14-6-4-12(5-7-14)11-13-3-1-2-10-16-13/h4-7,13,15-16H,1-3,8-11H2. The molecule has 1 saturated heterocycles. The van der Waals surface area contributed by atoms with E-state index in [4.69, 9.17) is 0 Å². The van der Waals surface area contributed by atoms with Crippen LogP contribution in [0.4, 0.5) is 0 Å². The first-order valence-corrected chi connectivity index (χ1v) is 8.77. The second-order valence-electron chi connectivity index (χ2n) is 5.74. The lowest BCUT2D eigenvalue weighted by atomic mass is 9.98. The summed E-state index contributed by atoms with van der Waals surface area (Å²) in [6.45, 7) is 1.11. The minimum Gasteiger partial charge on any atom is -0.314 e. The van der Waals surface area contributed by atoms with Crippen molar-refractivity contribution in [2.75, 3.05) is 6.54 Å². The number of hydrogen-bond donors (Lipinski definition) is 1. The van der Waals surface area contributed by atoms with Gasteiger partial charge in [0.15, 0.2) is 9.84 Å². The average Bonchev–Trinajstić information content (AvgIpc) is 3.25. The Kier molecular flexibility index (Phi) is 3.63. The molecule has 1 aliphatic heterocycles. The van der Waals surface area contributed by atoms with Crippen molar-refractivity contribution in [3.63, 3.8) is 0 Å². The lowest BCUT2D eigenvalue weighted by Crippen LogP contribution is -2.35. The molecule has 2 fully saturated rings. The summed E-state index contributed by atoms with van der Waals surface area (Å²) in [6.07, 6.45) is 6.46. The number of nitrogens with one attached hydrogen (secondary N) is 1. The van der Waals surface area contributed by atoms with Gasteiger partial charge >= 0.3 is 0 Å². The Hall–Kier alpha value is -0.870. The molecule has 1 aliphatic carbocycles. The predicted octanol–water partition coefficient (Wildman–Crippen LogP) is 2.31. The second kappa shape index (κ2) is 5.25. The van der Waals surface area contributed by atoms with Crippen LogP contribution in [0.2, 0.25) is 0 Å². The third-order valence-electron chi connectivity index (χ3n) is 4.11. The Bertz CT molecular complexity index is 526. The van der Waals surface area contributed by atoms with E-state index in [1.807, 2.05) is 12.1 Å². The quantitative estimate of drug-likeness (QED) is 0.920. The van der Waals surface area contributed by atoms with Crippen LogP contribution in [0.1, 0.15) is 37.7 Å². The highest BCUT2D eigenvalue weighted by Crippen LogP contribution is 2.33. The first kappa shape index (κ1) is 13.1. The number of piperidine rings is 1. The molecule has 104 valence electrons. The molecule has 1 atom stereocenters. The molecule has 1 heterocycles. The van der Waals surface area contributed by atoms with E-state index in [1.165, 1.54) is 24.8 Å². The number of hydrogen-bond acceptors (Lipinski definition) is 3. The summed E-state index contributed by atoms with van der Waals surface area (Å²) >= 11 is 0. The van der Waals surface area contributed by atoms with Crippen LogP contribution < -0.4 is 5.32 Å². The third-order valence-corrected chi connectivity index (χ3v) is 6.39. The van der Waals surface area contributed by atoms with Gasteiger partial charge < -0.3 is 5.32 Å². The van der Waals surface area contributed by atoms with Crippen LogP contribution in [0.3, 0.4) is 0 Å². The van der Waals surface area contributed by atoms with Gasteiger partial charge in [-0.3, -0.25) is 0 Å². The van der Waals surface area contributed by atoms with Crippen LogP contribution in [0.25, 0.3) is 0 Å². The highest BCUT2D eigenvalue weighted by Gasteiger charge is 2.36. The van der Waals surface area contributed by atoms with Crippen molar-refractivity contribution in [1.29, 1.82) is 0 Å². The van der Waals surface area contributed by atoms with Gasteiger partial charge in [0, 0.05) is 6.04 Å². The molecule has 0 amide bonds. The van der Waals surface area contributed by atoms with Crippen LogP contribution in [0, 0.1) is 0 Å². The fraction of sp³-hybridized carbons (Fsp3) is 0.600. The van der Waals surface area contributed by atoms with E-state index in [-0.39, 0.29) is 5.25 Å². The summed E-state index contributed by atoms with van der Waals surface area (Å²) in [4.78, 5) is 0.496. The maximum Gasteiger partial charge on any atom is 0.181 e. The molecule has 1 unspecified atom stereocenters. The molecular weight excluding hydrogens is 258 g/mol. The summed E-state index contributed by atoms with van der Waals surface area (Å²) in [5.74, 6) is 0. The number of rotatable bonds is 4. The molecule has 1 aromatic carbocycles. The Labute approximate surface area is 115 Å². The van der Waals surface area contributed by atoms with Crippen molar-refractivity contribution in [1.82, 2.24) is 5.32 Å². The molecule has 4 heteroatoms. The molecule has 1 saturated carbocycles. The van der Waals surface area contributed by atoms with Crippen molar-refractivity contribution in [2.24, 2.45) is 0 Å². The Morgan fingerprint density at radius 3 is 2.37 bits per heavy atom. The molecule has 0 aromatic heterocycles. The van der Waals surface area contributed by atoms with Gasteiger partial charge in [-0.1, -0.05) is 18.6 Å². The maximum atomic E-state index is 12.1. The Morgan fingerprint density at radius 2 is 1.79 bits per heavy atom. The van der Waals surface area contributed by atoms with E-state index >= 15 is 0 Å². The zero-order chi connectivity index (χ0) is 13.3. The summed E-state index contributed by atoms with van der Waals surface area (Å²) in [5.41, 5.74) is 1.23. The minimum atomic E-state index is -3.03. The molecule has 19 heavy (non-hydrogen) atoms. The molecule has 3 nitrogen and oxygen atoms in total. The predicted molar refractivity (Wildman–Crippen MR) is 76.0 cm³/mol. The fourth-order valence-electron chi connectivity index (χ4n) is 2.77. The summed E-state index contributed by atoms with van der Waals surface area (Å²) in [6, 6.07) is 8.08. The highest BCUT2D eigenvalue weighted by atomic mass is 32.2. The first-order valence-electron chi connectivity index (χ1n) is 7.22. The van der Waals surface area contributed by atoms with Gasteiger partial charge in [0.1, 0.15) is 0 Å². The molecule has 1 aromatic rings. The van der Waals surface area contributed by atoms with E-state index in [1.54, 1.807) is 12.1 Å². The van der Waals surface area contributed by atoms with Crippen molar-refractivity contribution < 1.29 is 8.42 Å². The zero-order valence-corrected chi connectivity index (χ0v) is 12.0. The monoisotopic (exact) mass is 279 g/mol. The van der Waals surface area contributed by atoms with Gasteiger partial charge in [-0.15, -0.1) is 0 Å². The van der Waals surface area contributed by atoms with Crippen LogP contribution >= 0.6 is 0 Å². The fourth-order valence-corrected chi connectivity index (χ4v) is 4.43. The van der Waals surface area contributed by atoms with Crippen molar-refractivity contribution in [2.45, 2.75) is 54.7 Å².